The highest BCUT2D eigenvalue weighted by Gasteiger charge is 2.49. The van der Waals surface area contributed by atoms with E-state index in [-0.39, 0.29) is 42.8 Å². The van der Waals surface area contributed by atoms with Crippen LogP contribution in [0.4, 0.5) is 0 Å². The molecule has 2 heterocycles. The van der Waals surface area contributed by atoms with Crippen molar-refractivity contribution in [1.82, 2.24) is 15.1 Å². The van der Waals surface area contributed by atoms with E-state index in [9.17, 15) is 14.4 Å². The molecule has 2 aliphatic carbocycles. The Bertz CT molecular complexity index is 818. The number of allylic oxidation sites excluding steroid dienone is 2. The molecule has 30 heavy (non-hydrogen) atoms. The monoisotopic (exact) mass is 412 g/mol. The third-order valence-electron chi connectivity index (χ3n) is 6.88. The van der Waals surface area contributed by atoms with Gasteiger partial charge in [-0.05, 0) is 57.3 Å². The molecule has 2 saturated carbocycles. The van der Waals surface area contributed by atoms with Gasteiger partial charge in [0.2, 0.25) is 11.8 Å². The second-order valence-electron chi connectivity index (χ2n) is 9.31. The molecule has 162 valence electrons. The van der Waals surface area contributed by atoms with Gasteiger partial charge in [-0.15, -0.1) is 0 Å². The molecule has 1 N–H and O–H groups in total. The number of hydrogen-bond acceptors (Lipinski definition) is 4. The van der Waals surface area contributed by atoms with Gasteiger partial charge >= 0.3 is 0 Å². The summed E-state index contributed by atoms with van der Waals surface area (Å²) in [7, 11) is 0. The summed E-state index contributed by atoms with van der Waals surface area (Å²) in [4.78, 5) is 46.8. The largest absolute Gasteiger partial charge is 0.352 e. The quantitative estimate of drug-likeness (QED) is 0.753. The summed E-state index contributed by atoms with van der Waals surface area (Å²) in [6.07, 6.45) is 13.9. The van der Waals surface area contributed by atoms with Crippen molar-refractivity contribution in [3.63, 3.8) is 0 Å². The van der Waals surface area contributed by atoms with E-state index in [0.717, 1.165) is 56.9 Å². The van der Waals surface area contributed by atoms with Crippen LogP contribution in [0.2, 0.25) is 0 Å². The SMILES string of the molecule is CC1=CC2=NC(=O)C[C@](C)(C(=O)N(CC(=O)NC3CCCC3)C3CCCC3)N2C=C1. The zero-order chi connectivity index (χ0) is 21.3. The number of aliphatic imine (C=N–C) groups is 1. The Morgan fingerprint density at radius 1 is 1.20 bits per heavy atom. The molecule has 1 atom stereocenters. The number of fused-ring (bicyclic) bond motifs is 1. The van der Waals surface area contributed by atoms with Gasteiger partial charge in [-0.1, -0.05) is 25.7 Å². The number of carbonyl (C=O) groups is 3. The Hall–Kier alpha value is -2.44. The summed E-state index contributed by atoms with van der Waals surface area (Å²) in [6.45, 7) is 3.80. The molecule has 0 aromatic rings. The average Bonchev–Trinajstić information content (AvgIpc) is 3.39. The van der Waals surface area contributed by atoms with Gasteiger partial charge < -0.3 is 15.1 Å². The standard InChI is InChI=1S/C23H32N4O3/c1-16-11-12-27-19(13-16)25-20(28)14-23(27,2)22(30)26(18-9-5-6-10-18)15-21(29)24-17-7-3-4-8-17/h11-13,17-18H,3-10,14-15H2,1-2H3,(H,24,29)/t23-/m1/s1. The maximum atomic E-state index is 13.9. The first-order valence-electron chi connectivity index (χ1n) is 11.2. The lowest BCUT2D eigenvalue weighted by atomic mass is 9.89. The number of amides is 3. The van der Waals surface area contributed by atoms with Crippen LogP contribution in [0, 0.1) is 0 Å². The summed E-state index contributed by atoms with van der Waals surface area (Å²) in [5.74, 6) is -0.0388. The normalized spacial score (nSPS) is 27.0. The van der Waals surface area contributed by atoms with Crippen LogP contribution in [0.1, 0.15) is 71.6 Å². The molecule has 0 aromatic heterocycles. The molecule has 2 fully saturated rings. The Morgan fingerprint density at radius 2 is 1.87 bits per heavy atom. The summed E-state index contributed by atoms with van der Waals surface area (Å²) in [5.41, 5.74) is -0.0870. The summed E-state index contributed by atoms with van der Waals surface area (Å²) >= 11 is 0. The fourth-order valence-electron chi connectivity index (χ4n) is 5.21. The minimum atomic E-state index is -1.07. The van der Waals surface area contributed by atoms with Crippen LogP contribution >= 0.6 is 0 Å². The van der Waals surface area contributed by atoms with E-state index in [1.165, 1.54) is 0 Å². The maximum absolute atomic E-state index is 13.9. The van der Waals surface area contributed by atoms with Crippen LogP contribution in [0.3, 0.4) is 0 Å². The number of carbonyl (C=O) groups excluding carboxylic acids is 3. The van der Waals surface area contributed by atoms with Crippen LogP contribution in [-0.4, -0.2) is 57.5 Å². The van der Waals surface area contributed by atoms with Gasteiger partial charge in [0.15, 0.2) is 0 Å². The van der Waals surface area contributed by atoms with Gasteiger partial charge in [0.1, 0.15) is 11.4 Å². The highest BCUT2D eigenvalue weighted by Crippen LogP contribution is 2.33. The van der Waals surface area contributed by atoms with E-state index >= 15 is 0 Å². The molecule has 0 bridgehead atoms. The third kappa shape index (κ3) is 4.07. The second-order valence-corrected chi connectivity index (χ2v) is 9.31. The summed E-state index contributed by atoms with van der Waals surface area (Å²) < 4.78 is 0. The lowest BCUT2D eigenvalue weighted by Crippen LogP contribution is -2.63. The van der Waals surface area contributed by atoms with Crippen LogP contribution in [0.15, 0.2) is 28.9 Å². The first-order valence-corrected chi connectivity index (χ1v) is 11.2. The van der Waals surface area contributed by atoms with Crippen molar-refractivity contribution in [2.24, 2.45) is 4.99 Å². The highest BCUT2D eigenvalue weighted by atomic mass is 16.2. The van der Waals surface area contributed by atoms with E-state index < -0.39 is 5.54 Å². The number of rotatable bonds is 5. The molecule has 0 saturated heterocycles. The van der Waals surface area contributed by atoms with Crippen molar-refractivity contribution in [2.75, 3.05) is 6.54 Å². The predicted molar refractivity (Wildman–Crippen MR) is 115 cm³/mol. The van der Waals surface area contributed by atoms with Crippen LogP contribution in [0.25, 0.3) is 0 Å². The summed E-state index contributed by atoms with van der Waals surface area (Å²) in [5, 5.41) is 3.11. The first kappa shape index (κ1) is 20.8. The van der Waals surface area contributed by atoms with E-state index in [2.05, 4.69) is 10.3 Å². The van der Waals surface area contributed by atoms with E-state index in [4.69, 9.17) is 0 Å². The highest BCUT2D eigenvalue weighted by molar-refractivity contribution is 6.10. The lowest BCUT2D eigenvalue weighted by Gasteiger charge is -2.45. The molecule has 0 aromatic carbocycles. The molecule has 4 aliphatic rings. The van der Waals surface area contributed by atoms with E-state index in [0.29, 0.717) is 5.84 Å². The van der Waals surface area contributed by atoms with Gasteiger partial charge in [0.25, 0.3) is 5.91 Å². The lowest BCUT2D eigenvalue weighted by molar-refractivity contribution is -0.148. The number of amidine groups is 1. The van der Waals surface area contributed by atoms with Crippen molar-refractivity contribution in [1.29, 1.82) is 0 Å². The fraction of sp³-hybridized carbons (Fsp3) is 0.652. The Balaban J connectivity index is 1.57. The van der Waals surface area contributed by atoms with Crippen molar-refractivity contribution in [3.8, 4) is 0 Å². The van der Waals surface area contributed by atoms with Gasteiger partial charge in [-0.2, -0.15) is 4.99 Å². The molecule has 0 radical (unpaired) electrons. The number of nitrogens with zero attached hydrogens (tertiary/aromatic N) is 3. The smallest absolute Gasteiger partial charge is 0.250 e. The Morgan fingerprint density at radius 3 is 2.57 bits per heavy atom. The zero-order valence-electron chi connectivity index (χ0n) is 18.0. The minimum Gasteiger partial charge on any atom is -0.352 e. The number of nitrogens with one attached hydrogen (secondary N) is 1. The Labute approximate surface area is 178 Å². The third-order valence-corrected chi connectivity index (χ3v) is 6.88. The molecule has 7 nitrogen and oxygen atoms in total. The molecular weight excluding hydrogens is 380 g/mol. The van der Waals surface area contributed by atoms with Crippen molar-refractivity contribution in [3.05, 3.63) is 23.9 Å². The van der Waals surface area contributed by atoms with Crippen LogP contribution < -0.4 is 5.32 Å². The van der Waals surface area contributed by atoms with E-state index in [1.807, 2.05) is 25.3 Å². The maximum Gasteiger partial charge on any atom is 0.250 e. The topological polar surface area (TPSA) is 82.1 Å². The zero-order valence-corrected chi connectivity index (χ0v) is 18.0. The van der Waals surface area contributed by atoms with Crippen LogP contribution in [0.5, 0.6) is 0 Å². The van der Waals surface area contributed by atoms with Gasteiger partial charge in [-0.3, -0.25) is 14.4 Å². The Kier molecular flexibility index (Phi) is 5.80. The number of hydrogen-bond donors (Lipinski definition) is 1. The van der Waals surface area contributed by atoms with Crippen molar-refractivity contribution in [2.45, 2.75) is 89.3 Å². The molecule has 0 spiro atoms. The fourth-order valence-corrected chi connectivity index (χ4v) is 5.21. The minimum absolute atomic E-state index is 0.0139. The van der Waals surface area contributed by atoms with Gasteiger partial charge in [0.05, 0.1) is 13.0 Å². The summed E-state index contributed by atoms with van der Waals surface area (Å²) in [6, 6.07) is 0.272. The second kappa shape index (κ2) is 8.36. The molecule has 0 unspecified atom stereocenters. The van der Waals surface area contributed by atoms with Crippen LogP contribution in [-0.2, 0) is 14.4 Å². The molecule has 4 rings (SSSR count). The molecule has 2 aliphatic heterocycles. The first-order chi connectivity index (χ1) is 14.4. The average molecular weight is 413 g/mol. The predicted octanol–water partition coefficient (Wildman–Crippen LogP) is 2.68. The molecular formula is C23H32N4O3. The van der Waals surface area contributed by atoms with Crippen molar-refractivity contribution >= 4 is 23.6 Å². The van der Waals surface area contributed by atoms with Crippen molar-refractivity contribution < 1.29 is 14.4 Å². The van der Waals surface area contributed by atoms with Gasteiger partial charge in [0, 0.05) is 18.3 Å². The molecule has 7 heteroatoms. The van der Waals surface area contributed by atoms with Gasteiger partial charge in [-0.25, -0.2) is 0 Å². The van der Waals surface area contributed by atoms with E-state index in [1.54, 1.807) is 16.7 Å². The molecule has 3 amide bonds.